The average molecular weight is 180 g/mol. The third kappa shape index (κ3) is 41.2. The van der Waals surface area contributed by atoms with E-state index in [9.17, 15) is 0 Å². The number of hydrogen-bond acceptors (Lipinski definition) is 1. The summed E-state index contributed by atoms with van der Waals surface area (Å²) in [5.41, 5.74) is 0.432. The largest absolute Gasteiger partial charge is 0.299 e. The van der Waals surface area contributed by atoms with Crippen molar-refractivity contribution in [2.75, 3.05) is 0 Å². The molecule has 0 aliphatic heterocycles. The standard InChI is InChI=1S/C7H14.H2O3S/c1-5-6-7(2,3)4;1-4(2)3/h5H,1,6H2,2-4H3;(H2,1,2,3). The van der Waals surface area contributed by atoms with E-state index in [0.717, 1.165) is 6.42 Å². The molecular weight excluding hydrogens is 164 g/mol. The maximum absolute atomic E-state index is 8.67. The molecule has 0 heterocycles. The SMILES string of the molecule is C=CCC(C)(C)C.O=S(O)O. The molecule has 2 N–H and O–H groups in total. The van der Waals surface area contributed by atoms with Crippen molar-refractivity contribution in [1.29, 1.82) is 0 Å². The van der Waals surface area contributed by atoms with E-state index in [1.165, 1.54) is 0 Å². The molecule has 3 nitrogen and oxygen atoms in total. The van der Waals surface area contributed by atoms with Crippen LogP contribution in [0.4, 0.5) is 0 Å². The minimum absolute atomic E-state index is 0.432. The molecule has 4 heteroatoms. The molecule has 0 saturated carbocycles. The molecule has 0 atom stereocenters. The molecule has 0 fully saturated rings. The van der Waals surface area contributed by atoms with Gasteiger partial charge in [0, 0.05) is 0 Å². The van der Waals surface area contributed by atoms with Gasteiger partial charge in [0.1, 0.15) is 0 Å². The van der Waals surface area contributed by atoms with Gasteiger partial charge >= 0.3 is 0 Å². The number of hydrogen-bond donors (Lipinski definition) is 2. The van der Waals surface area contributed by atoms with Crippen molar-refractivity contribution in [2.45, 2.75) is 27.2 Å². The molecule has 0 aromatic carbocycles. The van der Waals surface area contributed by atoms with Crippen LogP contribution in [0.5, 0.6) is 0 Å². The van der Waals surface area contributed by atoms with E-state index in [1.807, 2.05) is 6.08 Å². The highest BCUT2D eigenvalue weighted by atomic mass is 32.2. The van der Waals surface area contributed by atoms with Gasteiger partial charge in [0.05, 0.1) is 0 Å². The Labute approximate surface area is 70.6 Å². The molecule has 0 radical (unpaired) electrons. The van der Waals surface area contributed by atoms with Crippen LogP contribution in [0.15, 0.2) is 12.7 Å². The highest BCUT2D eigenvalue weighted by Gasteiger charge is 2.04. The van der Waals surface area contributed by atoms with Crippen LogP contribution in [0, 0.1) is 5.41 Å². The molecule has 0 aromatic heterocycles. The zero-order valence-corrected chi connectivity index (χ0v) is 8.02. The van der Waals surface area contributed by atoms with Gasteiger partial charge in [-0.05, 0) is 11.8 Å². The number of rotatable bonds is 1. The molecule has 0 bridgehead atoms. The van der Waals surface area contributed by atoms with Gasteiger partial charge in [-0.25, -0.2) is 0 Å². The molecule has 0 amide bonds. The van der Waals surface area contributed by atoms with E-state index in [1.54, 1.807) is 0 Å². The maximum atomic E-state index is 8.67. The van der Waals surface area contributed by atoms with E-state index in [-0.39, 0.29) is 0 Å². The van der Waals surface area contributed by atoms with Crippen LogP contribution in [0.3, 0.4) is 0 Å². The molecule has 0 aliphatic rings. The van der Waals surface area contributed by atoms with Crippen molar-refractivity contribution in [3.05, 3.63) is 12.7 Å². The second kappa shape index (κ2) is 6.52. The molecule has 0 aliphatic carbocycles. The monoisotopic (exact) mass is 180 g/mol. The smallest absolute Gasteiger partial charge is 0.284 e. The summed E-state index contributed by atoms with van der Waals surface area (Å²) < 4.78 is 22.8. The van der Waals surface area contributed by atoms with Gasteiger partial charge in [0.15, 0.2) is 0 Å². The third-order valence-electron chi connectivity index (χ3n) is 0.757. The van der Waals surface area contributed by atoms with Crippen LogP contribution in [-0.2, 0) is 11.4 Å². The van der Waals surface area contributed by atoms with Crippen molar-refractivity contribution < 1.29 is 13.3 Å². The molecule has 0 saturated heterocycles. The molecule has 0 aromatic rings. The third-order valence-corrected chi connectivity index (χ3v) is 0.757. The summed E-state index contributed by atoms with van der Waals surface area (Å²) in [6.07, 6.45) is 3.06. The van der Waals surface area contributed by atoms with Crippen LogP contribution < -0.4 is 0 Å². The van der Waals surface area contributed by atoms with Crippen molar-refractivity contribution in [3.63, 3.8) is 0 Å². The van der Waals surface area contributed by atoms with Gasteiger partial charge in [0.2, 0.25) is 0 Å². The first-order valence-electron chi connectivity index (χ1n) is 3.20. The Kier molecular flexibility index (Phi) is 7.94. The fraction of sp³-hybridized carbons (Fsp3) is 0.714. The van der Waals surface area contributed by atoms with Gasteiger partial charge in [0.25, 0.3) is 11.4 Å². The normalized spacial score (nSPS) is 10.4. The highest BCUT2D eigenvalue weighted by Crippen LogP contribution is 2.17. The van der Waals surface area contributed by atoms with Crippen molar-refractivity contribution in [2.24, 2.45) is 5.41 Å². The predicted molar refractivity (Wildman–Crippen MR) is 47.7 cm³/mol. The molecule has 0 unspecified atom stereocenters. The van der Waals surface area contributed by atoms with E-state index in [2.05, 4.69) is 27.4 Å². The lowest BCUT2D eigenvalue weighted by atomic mass is 9.93. The van der Waals surface area contributed by atoms with E-state index >= 15 is 0 Å². The molecule has 0 rings (SSSR count). The Morgan fingerprint density at radius 1 is 1.45 bits per heavy atom. The fourth-order valence-corrected chi connectivity index (χ4v) is 0.433. The quantitative estimate of drug-likeness (QED) is 0.481. The minimum Gasteiger partial charge on any atom is -0.284 e. The first kappa shape index (κ1) is 13.4. The number of allylic oxidation sites excluding steroid dienone is 1. The molecule has 11 heavy (non-hydrogen) atoms. The molecule has 68 valence electrons. The summed E-state index contributed by atoms with van der Waals surface area (Å²) in [7, 11) is 0. The van der Waals surface area contributed by atoms with Crippen LogP contribution >= 0.6 is 0 Å². The fourth-order valence-electron chi connectivity index (χ4n) is 0.433. The second-order valence-corrected chi connectivity index (χ2v) is 3.75. The van der Waals surface area contributed by atoms with Crippen LogP contribution in [0.1, 0.15) is 27.2 Å². The lowest BCUT2D eigenvalue weighted by Gasteiger charge is -2.13. The van der Waals surface area contributed by atoms with Crippen molar-refractivity contribution in [1.82, 2.24) is 0 Å². The summed E-state index contributed by atoms with van der Waals surface area (Å²) in [4.78, 5) is 0. The van der Waals surface area contributed by atoms with Gasteiger partial charge in [-0.3, -0.25) is 9.11 Å². The molecular formula is C7H16O3S. The summed E-state index contributed by atoms with van der Waals surface area (Å²) >= 11 is -2.61. The van der Waals surface area contributed by atoms with Crippen molar-refractivity contribution >= 4 is 11.4 Å². The lowest BCUT2D eigenvalue weighted by Crippen LogP contribution is -2.01. The maximum Gasteiger partial charge on any atom is 0.299 e. The van der Waals surface area contributed by atoms with Gasteiger partial charge < -0.3 is 0 Å². The topological polar surface area (TPSA) is 57.5 Å². The summed E-state index contributed by atoms with van der Waals surface area (Å²) in [6.45, 7) is 10.3. The average Bonchev–Trinajstić information content (AvgIpc) is 1.58. The van der Waals surface area contributed by atoms with Crippen LogP contribution in [-0.4, -0.2) is 13.3 Å². The second-order valence-electron chi connectivity index (χ2n) is 3.28. The van der Waals surface area contributed by atoms with E-state index in [0.29, 0.717) is 5.41 Å². The van der Waals surface area contributed by atoms with Crippen LogP contribution in [0.2, 0.25) is 0 Å². The summed E-state index contributed by atoms with van der Waals surface area (Å²) in [5.74, 6) is 0. The van der Waals surface area contributed by atoms with Crippen LogP contribution in [0.25, 0.3) is 0 Å². The molecule has 0 spiro atoms. The van der Waals surface area contributed by atoms with Gasteiger partial charge in [-0.2, -0.15) is 4.21 Å². The Bertz CT molecular complexity index is 122. The Morgan fingerprint density at radius 2 is 1.73 bits per heavy atom. The van der Waals surface area contributed by atoms with E-state index < -0.39 is 11.4 Å². The Hall–Kier alpha value is -0.190. The lowest BCUT2D eigenvalue weighted by molar-refractivity contribution is 0.421. The van der Waals surface area contributed by atoms with Gasteiger partial charge in [-0.15, -0.1) is 6.58 Å². The summed E-state index contributed by atoms with van der Waals surface area (Å²) in [5, 5.41) is 0. The van der Waals surface area contributed by atoms with Gasteiger partial charge in [-0.1, -0.05) is 26.8 Å². The van der Waals surface area contributed by atoms with E-state index in [4.69, 9.17) is 13.3 Å². The van der Waals surface area contributed by atoms with Crippen molar-refractivity contribution in [3.8, 4) is 0 Å². The first-order valence-corrected chi connectivity index (χ1v) is 4.27. The summed E-state index contributed by atoms with van der Waals surface area (Å²) in [6, 6.07) is 0. The minimum atomic E-state index is -2.61. The Morgan fingerprint density at radius 3 is 1.73 bits per heavy atom. The zero-order chi connectivity index (χ0) is 9.49. The first-order chi connectivity index (χ1) is 4.79. The highest BCUT2D eigenvalue weighted by molar-refractivity contribution is 7.73. The zero-order valence-electron chi connectivity index (χ0n) is 7.20. The Balaban J connectivity index is 0. The predicted octanol–water partition coefficient (Wildman–Crippen LogP) is 2.29.